The Morgan fingerprint density at radius 1 is 0.615 bits per heavy atom. The summed E-state index contributed by atoms with van der Waals surface area (Å²) in [6.07, 6.45) is 7.75. The molecule has 0 aromatic rings. The van der Waals surface area contributed by atoms with E-state index in [2.05, 4.69) is 67.4 Å². The lowest BCUT2D eigenvalue weighted by Gasteiger charge is -2.41. The second-order valence-electron chi connectivity index (χ2n) is 10.5. The van der Waals surface area contributed by atoms with Crippen molar-refractivity contribution in [2.75, 3.05) is 0 Å². The van der Waals surface area contributed by atoms with Crippen molar-refractivity contribution in [1.82, 2.24) is 0 Å². The Balaban J connectivity index is 4.88. The minimum atomic E-state index is -2.07. The van der Waals surface area contributed by atoms with E-state index in [-0.39, 0.29) is 0 Å². The van der Waals surface area contributed by atoms with Crippen molar-refractivity contribution < 1.29 is 8.23 Å². The highest BCUT2D eigenvalue weighted by Gasteiger charge is 2.42. The monoisotopic (exact) mass is 418 g/mol. The molecule has 26 heavy (non-hydrogen) atoms. The summed E-state index contributed by atoms with van der Waals surface area (Å²) in [5.41, 5.74) is 0. The summed E-state index contributed by atoms with van der Waals surface area (Å²) in [5, 5.41) is 0. The van der Waals surface area contributed by atoms with Gasteiger partial charge in [-0.2, -0.15) is 0 Å². The molecule has 2 nitrogen and oxygen atoms in total. The summed E-state index contributed by atoms with van der Waals surface area (Å²) >= 11 is 0. The molecule has 158 valence electrons. The van der Waals surface area contributed by atoms with Gasteiger partial charge in [-0.25, -0.2) is 0 Å². The predicted octanol–water partition coefficient (Wildman–Crippen LogP) is 8.17. The summed E-state index contributed by atoms with van der Waals surface area (Å²) < 4.78 is 13.9. The second-order valence-corrected chi connectivity index (χ2v) is 23.0. The second kappa shape index (κ2) is 12.2. The maximum atomic E-state index is 6.96. The molecule has 0 aliphatic rings. The Morgan fingerprint density at radius 3 is 1.31 bits per heavy atom. The fourth-order valence-corrected chi connectivity index (χ4v) is 18.4. The fraction of sp³-hybridized carbons (Fsp3) is 1.00. The van der Waals surface area contributed by atoms with Crippen LogP contribution < -0.4 is 0 Å². The summed E-state index contributed by atoms with van der Waals surface area (Å²) in [5.74, 6) is 1.60. The average molecular weight is 419 g/mol. The zero-order valence-electron chi connectivity index (χ0n) is 19.8. The first-order chi connectivity index (χ1) is 11.8. The molecular weight excluding hydrogens is 368 g/mol. The van der Waals surface area contributed by atoms with Crippen molar-refractivity contribution in [3.63, 3.8) is 0 Å². The maximum Gasteiger partial charge on any atom is 0.314 e. The van der Waals surface area contributed by atoms with Gasteiger partial charge >= 0.3 is 8.56 Å². The predicted molar refractivity (Wildman–Crippen MR) is 126 cm³/mol. The Kier molecular flexibility index (Phi) is 12.5. The van der Waals surface area contributed by atoms with Crippen LogP contribution in [0.5, 0.6) is 0 Å². The van der Waals surface area contributed by atoms with E-state index < -0.39 is 25.2 Å². The number of rotatable bonds is 15. The van der Waals surface area contributed by atoms with Crippen LogP contribution in [0.3, 0.4) is 0 Å². The largest absolute Gasteiger partial charge is 0.436 e. The highest BCUT2D eigenvalue weighted by molar-refractivity contribution is 6.88. The molecule has 0 unspecified atom stereocenters. The van der Waals surface area contributed by atoms with E-state index >= 15 is 0 Å². The fourth-order valence-electron chi connectivity index (χ4n) is 3.76. The van der Waals surface area contributed by atoms with Gasteiger partial charge < -0.3 is 8.23 Å². The third-order valence-electron chi connectivity index (χ3n) is 5.09. The van der Waals surface area contributed by atoms with E-state index in [9.17, 15) is 0 Å². The topological polar surface area (TPSA) is 18.5 Å². The molecule has 0 bridgehead atoms. The van der Waals surface area contributed by atoms with Crippen LogP contribution in [-0.4, -0.2) is 25.2 Å². The molecule has 0 aliphatic carbocycles. The third-order valence-corrected chi connectivity index (χ3v) is 17.3. The molecular formula is C21H50O2Si3. The lowest BCUT2D eigenvalue weighted by atomic mass is 10.1. The van der Waals surface area contributed by atoms with Crippen LogP contribution >= 0.6 is 0 Å². The highest BCUT2D eigenvalue weighted by Crippen LogP contribution is 2.31. The van der Waals surface area contributed by atoms with Crippen molar-refractivity contribution in [3.05, 3.63) is 0 Å². The van der Waals surface area contributed by atoms with E-state index in [4.69, 9.17) is 8.23 Å². The molecule has 0 rings (SSSR count). The van der Waals surface area contributed by atoms with Gasteiger partial charge in [0.15, 0.2) is 16.6 Å². The molecule has 0 aromatic heterocycles. The van der Waals surface area contributed by atoms with Gasteiger partial charge in [0.1, 0.15) is 0 Å². The van der Waals surface area contributed by atoms with Crippen molar-refractivity contribution in [2.45, 2.75) is 124 Å². The molecule has 0 aromatic carbocycles. The minimum absolute atomic E-state index is 0.798. The Bertz CT molecular complexity index is 340. The molecule has 5 heteroatoms. The van der Waals surface area contributed by atoms with Crippen LogP contribution in [0.1, 0.15) is 73.1 Å². The van der Waals surface area contributed by atoms with Crippen LogP contribution in [0.15, 0.2) is 0 Å². The quantitative estimate of drug-likeness (QED) is 0.250. The standard InChI is InChI=1S/C21H50O2Si3/c1-11-12-19-26(10,22-24(6,7)17-13-15-20(2)3)23-25(8,9)18-14-16-21(4)5/h20-21H,11-19H2,1-10H3. The Labute approximate surface area is 169 Å². The molecule has 0 heterocycles. The lowest BCUT2D eigenvalue weighted by Crippen LogP contribution is -2.54. The van der Waals surface area contributed by atoms with Crippen LogP contribution in [0.2, 0.25) is 50.9 Å². The molecule has 0 aliphatic heterocycles. The van der Waals surface area contributed by atoms with Crippen molar-refractivity contribution >= 4 is 25.2 Å². The lowest BCUT2D eigenvalue weighted by molar-refractivity contribution is 0.371. The zero-order chi connectivity index (χ0) is 20.4. The number of unbranched alkanes of at least 4 members (excludes halogenated alkanes) is 1. The van der Waals surface area contributed by atoms with Gasteiger partial charge in [0.25, 0.3) is 0 Å². The van der Waals surface area contributed by atoms with Gasteiger partial charge in [0, 0.05) is 0 Å². The first-order valence-electron chi connectivity index (χ1n) is 11.2. The van der Waals surface area contributed by atoms with Crippen LogP contribution in [0.4, 0.5) is 0 Å². The van der Waals surface area contributed by atoms with E-state index in [1.807, 2.05) is 0 Å². The molecule has 0 saturated carbocycles. The third kappa shape index (κ3) is 13.7. The van der Waals surface area contributed by atoms with E-state index in [1.165, 1.54) is 56.7 Å². The smallest absolute Gasteiger partial charge is 0.314 e. The SMILES string of the molecule is CCCC[Si](C)(O[Si](C)(C)CCCC(C)C)O[Si](C)(C)CCCC(C)C. The van der Waals surface area contributed by atoms with E-state index in [0.717, 1.165) is 11.8 Å². The summed E-state index contributed by atoms with van der Waals surface area (Å²) in [7, 11) is -5.36. The molecule has 0 atom stereocenters. The normalized spacial score (nSPS) is 13.8. The van der Waals surface area contributed by atoms with Gasteiger partial charge in [-0.1, -0.05) is 73.1 Å². The molecule has 0 N–H and O–H groups in total. The minimum Gasteiger partial charge on any atom is -0.436 e. The summed E-state index contributed by atoms with van der Waals surface area (Å²) in [6.45, 7) is 23.6. The van der Waals surface area contributed by atoms with Crippen LogP contribution in [-0.2, 0) is 8.23 Å². The Morgan fingerprint density at radius 2 is 1.00 bits per heavy atom. The van der Waals surface area contributed by atoms with Crippen LogP contribution in [0.25, 0.3) is 0 Å². The molecule has 0 amide bonds. The maximum absolute atomic E-state index is 6.96. The van der Waals surface area contributed by atoms with Crippen molar-refractivity contribution in [3.8, 4) is 0 Å². The first kappa shape index (κ1) is 26.6. The van der Waals surface area contributed by atoms with E-state index in [0.29, 0.717) is 0 Å². The first-order valence-corrected chi connectivity index (χ1v) is 20.0. The average Bonchev–Trinajstić information content (AvgIpc) is 2.42. The Hall–Kier alpha value is 0.571. The van der Waals surface area contributed by atoms with Gasteiger partial charge in [-0.15, -0.1) is 0 Å². The molecule has 0 fully saturated rings. The number of hydrogen-bond acceptors (Lipinski definition) is 2. The van der Waals surface area contributed by atoms with Gasteiger partial charge in [0.05, 0.1) is 0 Å². The van der Waals surface area contributed by atoms with E-state index in [1.54, 1.807) is 0 Å². The zero-order valence-corrected chi connectivity index (χ0v) is 22.8. The summed E-state index contributed by atoms with van der Waals surface area (Å²) in [4.78, 5) is 0. The summed E-state index contributed by atoms with van der Waals surface area (Å²) in [6, 6.07) is 3.72. The molecule has 0 spiro atoms. The molecule has 0 saturated heterocycles. The van der Waals surface area contributed by atoms with Crippen molar-refractivity contribution in [2.24, 2.45) is 11.8 Å². The highest BCUT2D eigenvalue weighted by atomic mass is 28.5. The molecule has 0 radical (unpaired) electrons. The number of hydrogen-bond donors (Lipinski definition) is 0. The van der Waals surface area contributed by atoms with Gasteiger partial charge in [-0.05, 0) is 62.7 Å². The van der Waals surface area contributed by atoms with Gasteiger partial charge in [0.2, 0.25) is 0 Å². The van der Waals surface area contributed by atoms with Gasteiger partial charge in [-0.3, -0.25) is 0 Å². The van der Waals surface area contributed by atoms with Crippen LogP contribution in [0, 0.1) is 11.8 Å². The van der Waals surface area contributed by atoms with Crippen molar-refractivity contribution in [1.29, 1.82) is 0 Å².